The molecule has 2 aromatic heterocycles. The van der Waals surface area contributed by atoms with Crippen LogP contribution in [-0.2, 0) is 21.7 Å². The summed E-state index contributed by atoms with van der Waals surface area (Å²) < 4.78 is 10.2. The fourth-order valence-electron chi connectivity index (χ4n) is 17.5. The predicted octanol–water partition coefficient (Wildman–Crippen LogP) is 20.1. The number of para-hydroxylation sites is 4. The molecule has 6 heteroatoms. The molecule has 0 unspecified atom stereocenters. The van der Waals surface area contributed by atoms with Gasteiger partial charge in [-0.15, -0.1) is 11.3 Å². The Morgan fingerprint density at radius 1 is 0.524 bits per heavy atom. The van der Waals surface area contributed by atoms with E-state index in [0.29, 0.717) is 5.41 Å². The topological polar surface area (TPSA) is 22.9 Å². The molecule has 0 N–H and O–H groups in total. The molecule has 0 radical (unpaired) electrons. The highest BCUT2D eigenvalue weighted by atomic mass is 32.1. The Kier molecular flexibility index (Phi) is 10.9. The summed E-state index contributed by atoms with van der Waals surface area (Å²) in [5.74, 6) is 2.64. The smallest absolute Gasteiger partial charge is 0.264 e. The van der Waals surface area contributed by atoms with Gasteiger partial charge in [0.15, 0.2) is 5.58 Å². The van der Waals surface area contributed by atoms with Crippen molar-refractivity contribution in [2.45, 2.75) is 121 Å². The van der Waals surface area contributed by atoms with Gasteiger partial charge < -0.3 is 19.1 Å². The van der Waals surface area contributed by atoms with Gasteiger partial charge in [-0.2, -0.15) is 0 Å². The van der Waals surface area contributed by atoms with E-state index in [4.69, 9.17) is 4.42 Å². The van der Waals surface area contributed by atoms with E-state index in [0.717, 1.165) is 80.0 Å². The number of thiophene rings is 1. The van der Waals surface area contributed by atoms with E-state index in [1.807, 2.05) is 11.3 Å². The van der Waals surface area contributed by atoms with Gasteiger partial charge in [-0.25, -0.2) is 0 Å². The molecule has 4 nitrogen and oxygen atoms in total. The van der Waals surface area contributed by atoms with Gasteiger partial charge in [0.2, 0.25) is 0 Å². The van der Waals surface area contributed by atoms with E-state index in [1.165, 1.54) is 116 Å². The minimum Gasteiger partial charge on any atom is -0.453 e. The van der Waals surface area contributed by atoms with E-state index < -0.39 is 0 Å². The molecule has 5 aliphatic carbocycles. The Hall–Kier alpha value is -7.80. The van der Waals surface area contributed by atoms with Gasteiger partial charge in [0.25, 0.3) is 6.71 Å². The summed E-state index contributed by atoms with van der Waals surface area (Å²) >= 11 is 2.02. The Morgan fingerprint density at radius 3 is 1.74 bits per heavy atom. The second-order valence-electron chi connectivity index (χ2n) is 28.6. The van der Waals surface area contributed by atoms with Crippen molar-refractivity contribution < 1.29 is 4.42 Å². The third kappa shape index (κ3) is 7.57. The summed E-state index contributed by atoms with van der Waals surface area (Å²) in [6.45, 7) is 17.0. The first kappa shape index (κ1) is 50.7. The summed E-state index contributed by atoms with van der Waals surface area (Å²) in [4.78, 5) is 7.80. The molecular formula is C78H72BN3OS. The Labute approximate surface area is 499 Å². The number of fused-ring (bicyclic) bond motifs is 10. The number of furan rings is 1. The second kappa shape index (κ2) is 18.1. The van der Waals surface area contributed by atoms with Crippen LogP contribution in [-0.4, -0.2) is 6.71 Å². The SMILES string of the molecule is CC(C)(C)c1cc2c3c(c1)N(c1cccc4c1oc1c(-c5ccccc5)cccc14)c1c(sc4cc5c(cc14)C(C)(C)CCC5(C)C)B3c1ccc(N(c3ccccc3)c3ccccc3)cc1N2c1ccc(C23CC4CC(CC(C4)C2)C3)cc1. The van der Waals surface area contributed by atoms with Crippen molar-refractivity contribution in [1.29, 1.82) is 0 Å². The van der Waals surface area contributed by atoms with Crippen LogP contribution in [0, 0.1) is 17.8 Å². The van der Waals surface area contributed by atoms with E-state index in [1.54, 1.807) is 5.56 Å². The first-order valence-electron chi connectivity index (χ1n) is 31.2. The van der Waals surface area contributed by atoms with E-state index in [9.17, 15) is 0 Å². The van der Waals surface area contributed by atoms with Crippen molar-refractivity contribution >= 4 is 117 Å². The maximum absolute atomic E-state index is 7.49. The number of hydrogen-bond donors (Lipinski definition) is 0. The molecule has 7 aliphatic rings. The fraction of sp³-hybridized carbons (Fsp3) is 0.282. The highest BCUT2D eigenvalue weighted by Gasteiger charge is 2.52. The number of benzene rings is 9. The zero-order chi connectivity index (χ0) is 56.6. The van der Waals surface area contributed by atoms with Crippen LogP contribution in [0.25, 0.3) is 43.2 Å². The average molecular weight is 1110 g/mol. The highest BCUT2D eigenvalue weighted by molar-refractivity contribution is 7.33. The number of rotatable bonds is 7. The van der Waals surface area contributed by atoms with Crippen LogP contribution in [0.2, 0.25) is 0 Å². The Bertz CT molecular complexity index is 4400. The molecular weight excluding hydrogens is 1040 g/mol. The lowest BCUT2D eigenvalue weighted by atomic mass is 9.36. The van der Waals surface area contributed by atoms with Gasteiger partial charge >= 0.3 is 0 Å². The maximum Gasteiger partial charge on any atom is 0.264 e. The van der Waals surface area contributed by atoms with Gasteiger partial charge in [0, 0.05) is 71.0 Å². The predicted molar refractivity (Wildman–Crippen MR) is 357 cm³/mol. The summed E-state index contributed by atoms with van der Waals surface area (Å²) in [6, 6.07) is 74.2. The summed E-state index contributed by atoms with van der Waals surface area (Å²) in [5, 5.41) is 3.59. The quantitative estimate of drug-likeness (QED) is 0.148. The molecule has 414 valence electrons. The first-order valence-corrected chi connectivity index (χ1v) is 32.0. The van der Waals surface area contributed by atoms with Crippen LogP contribution in [0.4, 0.5) is 51.2 Å². The van der Waals surface area contributed by atoms with Crippen LogP contribution in [0.3, 0.4) is 0 Å². The molecule has 4 heterocycles. The lowest BCUT2D eigenvalue weighted by Crippen LogP contribution is -2.60. The second-order valence-corrected chi connectivity index (χ2v) is 29.6. The van der Waals surface area contributed by atoms with Crippen molar-refractivity contribution in [2.24, 2.45) is 17.8 Å². The molecule has 2 aliphatic heterocycles. The number of hydrogen-bond acceptors (Lipinski definition) is 5. The van der Waals surface area contributed by atoms with E-state index >= 15 is 0 Å². The minimum absolute atomic E-state index is 0.0212. The molecule has 0 spiro atoms. The molecule has 11 aromatic rings. The van der Waals surface area contributed by atoms with E-state index in [-0.39, 0.29) is 23.0 Å². The number of nitrogens with zero attached hydrogens (tertiary/aromatic N) is 3. The van der Waals surface area contributed by atoms with Gasteiger partial charge in [0.05, 0.1) is 11.4 Å². The molecule has 18 rings (SSSR count). The van der Waals surface area contributed by atoms with Gasteiger partial charge in [0.1, 0.15) is 5.58 Å². The van der Waals surface area contributed by atoms with Crippen LogP contribution in [0.5, 0.6) is 0 Å². The number of anilines is 9. The largest absolute Gasteiger partial charge is 0.453 e. The van der Waals surface area contributed by atoms with Crippen molar-refractivity contribution in [3.8, 4) is 11.1 Å². The van der Waals surface area contributed by atoms with Crippen molar-refractivity contribution in [3.63, 3.8) is 0 Å². The normalized spacial score (nSPS) is 21.4. The zero-order valence-corrected chi connectivity index (χ0v) is 50.4. The first-order chi connectivity index (χ1) is 40.7. The van der Waals surface area contributed by atoms with Gasteiger partial charge in [-0.3, -0.25) is 0 Å². The van der Waals surface area contributed by atoms with Crippen molar-refractivity contribution in [2.75, 3.05) is 14.7 Å². The molecule has 4 saturated carbocycles. The molecule has 0 saturated heterocycles. The highest BCUT2D eigenvalue weighted by Crippen LogP contribution is 2.62. The molecule has 0 amide bonds. The molecule has 9 aromatic carbocycles. The third-order valence-corrected chi connectivity index (χ3v) is 22.6. The summed E-state index contributed by atoms with van der Waals surface area (Å²) in [7, 11) is 0. The molecule has 4 bridgehead atoms. The van der Waals surface area contributed by atoms with Crippen LogP contribution >= 0.6 is 11.3 Å². The molecule has 4 fully saturated rings. The third-order valence-electron chi connectivity index (χ3n) is 21.4. The summed E-state index contributed by atoms with van der Waals surface area (Å²) in [5.41, 5.74) is 23.5. The van der Waals surface area contributed by atoms with Crippen molar-refractivity contribution in [1.82, 2.24) is 0 Å². The van der Waals surface area contributed by atoms with Crippen molar-refractivity contribution in [3.05, 3.63) is 216 Å². The Balaban J connectivity index is 0.964. The van der Waals surface area contributed by atoms with E-state index in [2.05, 4.69) is 257 Å². The van der Waals surface area contributed by atoms with Gasteiger partial charge in [-0.05, 0) is 208 Å². The average Bonchev–Trinajstić information content (AvgIpc) is 1.76. The lowest BCUT2D eigenvalue weighted by Gasteiger charge is -2.57. The minimum atomic E-state index is -0.193. The van der Waals surface area contributed by atoms with Gasteiger partial charge in [-0.1, -0.05) is 164 Å². The summed E-state index contributed by atoms with van der Waals surface area (Å²) in [6.07, 6.45) is 10.7. The lowest BCUT2D eigenvalue weighted by molar-refractivity contribution is -0.00518. The monoisotopic (exact) mass is 1110 g/mol. The van der Waals surface area contributed by atoms with Crippen LogP contribution < -0.4 is 30.4 Å². The Morgan fingerprint density at radius 2 is 1.11 bits per heavy atom. The fourth-order valence-corrected chi connectivity index (χ4v) is 18.8. The molecule has 0 atom stereocenters. The standard InChI is InChI=1S/C78H72BN3OS/c1-75(2,3)53-40-67-70-68(41-53)82(65-28-18-27-60-59-26-17-25-58(72(59)83-73(60)65)51-19-11-8-12-20-51)71-61-43-62-63(77(6,7)36-35-76(62,4)5)44-69(61)84-74(71)79(70)64-34-33-57(80(54-21-13-9-14-22-54)55-23-15-10-16-24-55)42-66(64)81(67)56-31-29-52(30-32-56)78-45-48-37-49(46-78)39-50(38-48)47-78/h8-34,40-44,48-50H,35-39,45-47H2,1-7H3. The van der Waals surface area contributed by atoms with Crippen LogP contribution in [0.15, 0.2) is 199 Å². The zero-order valence-electron chi connectivity index (χ0n) is 49.6. The molecule has 84 heavy (non-hydrogen) atoms. The van der Waals surface area contributed by atoms with Crippen LogP contribution in [0.1, 0.15) is 122 Å². The maximum atomic E-state index is 7.49.